The second-order valence-electron chi connectivity index (χ2n) is 6.03. The number of aryl methyl sites for hydroxylation is 1. The van der Waals surface area contributed by atoms with Crippen LogP contribution in [0.25, 0.3) is 0 Å². The summed E-state index contributed by atoms with van der Waals surface area (Å²) >= 11 is 0. The van der Waals surface area contributed by atoms with Crippen LogP contribution in [0.1, 0.15) is 58.6 Å². The Kier molecular flexibility index (Phi) is 6.69. The molecule has 0 aromatic carbocycles. The zero-order chi connectivity index (χ0) is 15.2. The first kappa shape index (κ1) is 17.2. The van der Waals surface area contributed by atoms with Gasteiger partial charge in [-0.25, -0.2) is 0 Å². The van der Waals surface area contributed by atoms with Gasteiger partial charge in [0, 0.05) is 23.8 Å². The second-order valence-corrected chi connectivity index (χ2v) is 6.03. The fourth-order valence-corrected chi connectivity index (χ4v) is 2.64. The highest BCUT2D eigenvalue weighted by atomic mass is 15.3. The van der Waals surface area contributed by atoms with Crippen molar-refractivity contribution in [2.75, 3.05) is 20.6 Å². The Morgan fingerprint density at radius 1 is 1.30 bits per heavy atom. The smallest absolute Gasteiger partial charge is 0.0538 e. The van der Waals surface area contributed by atoms with Gasteiger partial charge in [0.15, 0.2) is 0 Å². The minimum atomic E-state index is 0.0925. The summed E-state index contributed by atoms with van der Waals surface area (Å²) in [4.78, 5) is 2.33. The van der Waals surface area contributed by atoms with Gasteiger partial charge in [-0.05, 0) is 46.8 Å². The lowest BCUT2D eigenvalue weighted by molar-refractivity contribution is 0.113. The molecule has 4 heteroatoms. The summed E-state index contributed by atoms with van der Waals surface area (Å²) in [5.74, 6) is 0. The van der Waals surface area contributed by atoms with Crippen LogP contribution in [0, 0.1) is 0 Å². The van der Waals surface area contributed by atoms with Crippen LogP contribution < -0.4 is 5.32 Å². The number of hydrogen-bond acceptors (Lipinski definition) is 3. The molecule has 0 saturated heterocycles. The van der Waals surface area contributed by atoms with Gasteiger partial charge in [-0.3, -0.25) is 4.68 Å². The topological polar surface area (TPSA) is 33.1 Å². The summed E-state index contributed by atoms with van der Waals surface area (Å²) in [7, 11) is 4.33. The van der Waals surface area contributed by atoms with Crippen molar-refractivity contribution >= 4 is 0 Å². The van der Waals surface area contributed by atoms with E-state index < -0.39 is 0 Å². The van der Waals surface area contributed by atoms with Crippen molar-refractivity contribution in [1.82, 2.24) is 20.0 Å². The molecule has 0 radical (unpaired) electrons. The molecular weight excluding hydrogens is 248 g/mol. The van der Waals surface area contributed by atoms with E-state index in [1.54, 1.807) is 0 Å². The van der Waals surface area contributed by atoms with E-state index in [9.17, 15) is 0 Å². The number of nitrogens with zero attached hydrogens (tertiary/aromatic N) is 3. The van der Waals surface area contributed by atoms with E-state index in [0.29, 0.717) is 6.04 Å². The predicted octanol–water partition coefficient (Wildman–Crippen LogP) is 3.06. The molecule has 0 bridgehead atoms. The molecule has 0 saturated carbocycles. The van der Waals surface area contributed by atoms with Gasteiger partial charge in [-0.1, -0.05) is 20.8 Å². The predicted molar refractivity (Wildman–Crippen MR) is 85.9 cm³/mol. The SMILES string of the molecule is CCCNC(c1cnn(CCC)c1)C(C)(CC)N(C)C. The average Bonchev–Trinajstić information content (AvgIpc) is 2.87. The monoisotopic (exact) mass is 280 g/mol. The maximum absolute atomic E-state index is 4.50. The van der Waals surface area contributed by atoms with Crippen LogP contribution >= 0.6 is 0 Å². The normalized spacial score (nSPS) is 16.4. The molecule has 1 aromatic rings. The Labute approximate surface area is 124 Å². The molecule has 2 atom stereocenters. The van der Waals surface area contributed by atoms with Gasteiger partial charge in [0.05, 0.1) is 12.2 Å². The van der Waals surface area contributed by atoms with Crippen LogP contribution in [0.15, 0.2) is 12.4 Å². The Morgan fingerprint density at radius 3 is 2.50 bits per heavy atom. The first-order valence-electron chi connectivity index (χ1n) is 7.92. The second kappa shape index (κ2) is 7.79. The van der Waals surface area contributed by atoms with E-state index in [0.717, 1.165) is 32.4 Å². The molecule has 2 unspecified atom stereocenters. The van der Waals surface area contributed by atoms with Crippen molar-refractivity contribution in [2.45, 2.75) is 65.1 Å². The van der Waals surface area contributed by atoms with Crippen molar-refractivity contribution in [3.63, 3.8) is 0 Å². The van der Waals surface area contributed by atoms with E-state index in [1.807, 2.05) is 6.20 Å². The standard InChI is InChI=1S/C16H32N4/c1-7-10-17-15(16(4,9-3)19(5)6)14-12-18-20(13-14)11-8-2/h12-13,15,17H,7-11H2,1-6H3. The molecular formula is C16H32N4. The third-order valence-corrected chi connectivity index (χ3v) is 4.40. The number of rotatable bonds is 9. The number of nitrogens with one attached hydrogen (secondary N) is 1. The van der Waals surface area contributed by atoms with Gasteiger partial charge in [-0.15, -0.1) is 0 Å². The Balaban J connectivity index is 3.03. The van der Waals surface area contributed by atoms with Crippen LogP contribution in [-0.2, 0) is 6.54 Å². The lowest BCUT2D eigenvalue weighted by atomic mass is 9.84. The van der Waals surface area contributed by atoms with Crippen LogP contribution in [0.3, 0.4) is 0 Å². The molecule has 116 valence electrons. The van der Waals surface area contributed by atoms with Crippen molar-refractivity contribution in [1.29, 1.82) is 0 Å². The Morgan fingerprint density at radius 2 is 2.00 bits per heavy atom. The zero-order valence-electron chi connectivity index (χ0n) is 14.1. The first-order chi connectivity index (χ1) is 9.49. The van der Waals surface area contributed by atoms with Gasteiger partial charge in [0.25, 0.3) is 0 Å². The molecule has 0 aliphatic rings. The van der Waals surface area contributed by atoms with E-state index >= 15 is 0 Å². The summed E-state index contributed by atoms with van der Waals surface area (Å²) in [6.07, 6.45) is 7.59. The minimum absolute atomic E-state index is 0.0925. The quantitative estimate of drug-likeness (QED) is 0.754. The van der Waals surface area contributed by atoms with Crippen LogP contribution in [0.5, 0.6) is 0 Å². The van der Waals surface area contributed by atoms with E-state index in [4.69, 9.17) is 0 Å². The lowest BCUT2D eigenvalue weighted by Crippen LogP contribution is -2.51. The average molecular weight is 280 g/mol. The lowest BCUT2D eigenvalue weighted by Gasteiger charge is -2.43. The molecule has 20 heavy (non-hydrogen) atoms. The zero-order valence-corrected chi connectivity index (χ0v) is 14.1. The van der Waals surface area contributed by atoms with E-state index in [-0.39, 0.29) is 5.54 Å². The van der Waals surface area contributed by atoms with Gasteiger partial charge in [0.2, 0.25) is 0 Å². The molecule has 0 spiro atoms. The fourth-order valence-electron chi connectivity index (χ4n) is 2.64. The third kappa shape index (κ3) is 3.83. The third-order valence-electron chi connectivity index (χ3n) is 4.40. The summed E-state index contributed by atoms with van der Waals surface area (Å²) < 4.78 is 2.06. The van der Waals surface area contributed by atoms with Crippen LogP contribution in [0.4, 0.5) is 0 Å². The van der Waals surface area contributed by atoms with Crippen molar-refractivity contribution in [2.24, 2.45) is 0 Å². The van der Waals surface area contributed by atoms with Gasteiger partial charge < -0.3 is 10.2 Å². The summed E-state index contributed by atoms with van der Waals surface area (Å²) in [5.41, 5.74) is 1.39. The van der Waals surface area contributed by atoms with Crippen molar-refractivity contribution in [3.05, 3.63) is 18.0 Å². The highest BCUT2D eigenvalue weighted by Crippen LogP contribution is 2.32. The Hall–Kier alpha value is -0.870. The molecule has 1 aromatic heterocycles. The minimum Gasteiger partial charge on any atom is -0.308 e. The highest BCUT2D eigenvalue weighted by Gasteiger charge is 2.36. The van der Waals surface area contributed by atoms with Gasteiger partial charge >= 0.3 is 0 Å². The van der Waals surface area contributed by atoms with E-state index in [1.165, 1.54) is 5.56 Å². The molecule has 0 aliphatic heterocycles. The molecule has 0 amide bonds. The van der Waals surface area contributed by atoms with E-state index in [2.05, 4.69) is 68.0 Å². The molecule has 4 nitrogen and oxygen atoms in total. The van der Waals surface area contributed by atoms with Crippen molar-refractivity contribution in [3.8, 4) is 0 Å². The molecule has 0 aliphatic carbocycles. The van der Waals surface area contributed by atoms with Crippen molar-refractivity contribution < 1.29 is 0 Å². The molecule has 0 fully saturated rings. The molecule has 1 N–H and O–H groups in total. The summed E-state index contributed by atoms with van der Waals surface area (Å²) in [6, 6.07) is 0.313. The number of hydrogen-bond donors (Lipinski definition) is 1. The molecule has 1 heterocycles. The maximum Gasteiger partial charge on any atom is 0.0538 e. The Bertz CT molecular complexity index is 386. The molecule has 1 rings (SSSR count). The largest absolute Gasteiger partial charge is 0.308 e. The van der Waals surface area contributed by atoms with Gasteiger partial charge in [-0.2, -0.15) is 5.10 Å². The summed E-state index contributed by atoms with van der Waals surface area (Å²) in [6.45, 7) is 11.0. The number of aromatic nitrogens is 2. The van der Waals surface area contributed by atoms with Crippen LogP contribution in [-0.4, -0.2) is 40.9 Å². The maximum atomic E-state index is 4.50. The fraction of sp³-hybridized carbons (Fsp3) is 0.812. The first-order valence-corrected chi connectivity index (χ1v) is 7.92. The van der Waals surface area contributed by atoms with Crippen LogP contribution in [0.2, 0.25) is 0 Å². The number of likely N-dealkylation sites (N-methyl/N-ethyl adjacent to an activating group) is 1. The highest BCUT2D eigenvalue weighted by molar-refractivity contribution is 5.17. The van der Waals surface area contributed by atoms with Gasteiger partial charge in [0.1, 0.15) is 0 Å². The summed E-state index contributed by atoms with van der Waals surface area (Å²) in [5, 5.41) is 8.22.